The van der Waals surface area contributed by atoms with Crippen molar-refractivity contribution < 1.29 is 4.79 Å². The average Bonchev–Trinajstić information content (AvgIpc) is 2.38. The molecule has 3 N–H and O–H groups in total. The van der Waals surface area contributed by atoms with Crippen molar-refractivity contribution in [2.75, 3.05) is 0 Å². The number of primary amides is 1. The van der Waals surface area contributed by atoms with E-state index in [-0.39, 0.29) is 6.04 Å². The molecule has 2 rings (SSSR count). The molecule has 2 amide bonds. The summed E-state index contributed by atoms with van der Waals surface area (Å²) >= 11 is 0. The van der Waals surface area contributed by atoms with Gasteiger partial charge in [-0.15, -0.1) is 0 Å². The molecule has 0 aliphatic heterocycles. The molecule has 0 saturated heterocycles. The van der Waals surface area contributed by atoms with Crippen LogP contribution < -0.4 is 11.1 Å². The number of nitrogens with two attached hydrogens (primary N) is 1. The van der Waals surface area contributed by atoms with Gasteiger partial charge in [-0.05, 0) is 23.3 Å². The second-order valence-corrected chi connectivity index (χ2v) is 3.63. The van der Waals surface area contributed by atoms with Crippen molar-refractivity contribution in [2.24, 2.45) is 5.73 Å². The SMILES string of the molecule is NC(=O)NC(c1ccccc1)c1ccncc1. The molecule has 1 unspecified atom stereocenters. The van der Waals surface area contributed by atoms with Gasteiger partial charge >= 0.3 is 6.03 Å². The maximum absolute atomic E-state index is 11.1. The van der Waals surface area contributed by atoms with Gasteiger partial charge in [0.25, 0.3) is 0 Å². The summed E-state index contributed by atoms with van der Waals surface area (Å²) in [4.78, 5) is 15.0. The molecule has 1 aromatic heterocycles. The number of amides is 2. The summed E-state index contributed by atoms with van der Waals surface area (Å²) < 4.78 is 0. The minimum atomic E-state index is -0.546. The molecule has 0 aliphatic rings. The molecule has 4 nitrogen and oxygen atoms in total. The predicted octanol–water partition coefficient (Wildman–Crippen LogP) is 1.84. The van der Waals surface area contributed by atoms with Gasteiger partial charge in [0.1, 0.15) is 0 Å². The Morgan fingerprint density at radius 1 is 1.06 bits per heavy atom. The number of nitrogens with zero attached hydrogens (tertiary/aromatic N) is 1. The molecule has 2 aromatic rings. The highest BCUT2D eigenvalue weighted by Gasteiger charge is 2.14. The Hall–Kier alpha value is -2.36. The Morgan fingerprint density at radius 2 is 1.65 bits per heavy atom. The van der Waals surface area contributed by atoms with E-state index >= 15 is 0 Å². The summed E-state index contributed by atoms with van der Waals surface area (Å²) in [6.45, 7) is 0. The van der Waals surface area contributed by atoms with Gasteiger partial charge in [0.15, 0.2) is 0 Å². The summed E-state index contributed by atoms with van der Waals surface area (Å²) in [5.74, 6) is 0. The van der Waals surface area contributed by atoms with Crippen molar-refractivity contribution in [3.63, 3.8) is 0 Å². The lowest BCUT2D eigenvalue weighted by atomic mass is 10.00. The Labute approximate surface area is 99.5 Å². The third kappa shape index (κ3) is 2.81. The number of rotatable bonds is 3. The number of nitrogens with one attached hydrogen (secondary N) is 1. The first-order valence-corrected chi connectivity index (χ1v) is 5.28. The zero-order valence-electron chi connectivity index (χ0n) is 9.21. The number of hydrogen-bond donors (Lipinski definition) is 2. The quantitative estimate of drug-likeness (QED) is 0.840. The van der Waals surface area contributed by atoms with Crippen molar-refractivity contribution in [3.05, 3.63) is 66.0 Å². The van der Waals surface area contributed by atoms with E-state index in [1.165, 1.54) is 0 Å². The summed E-state index contributed by atoms with van der Waals surface area (Å²) in [6, 6.07) is 12.6. The molecule has 86 valence electrons. The van der Waals surface area contributed by atoms with Gasteiger partial charge in [0.2, 0.25) is 0 Å². The van der Waals surface area contributed by atoms with Crippen LogP contribution in [-0.2, 0) is 0 Å². The predicted molar refractivity (Wildman–Crippen MR) is 65.2 cm³/mol. The van der Waals surface area contributed by atoms with Gasteiger partial charge in [-0.1, -0.05) is 30.3 Å². The highest BCUT2D eigenvalue weighted by molar-refractivity contribution is 5.72. The fourth-order valence-electron chi connectivity index (χ4n) is 1.70. The topological polar surface area (TPSA) is 68.0 Å². The largest absolute Gasteiger partial charge is 0.352 e. The maximum atomic E-state index is 11.1. The molecule has 1 atom stereocenters. The number of aromatic nitrogens is 1. The van der Waals surface area contributed by atoms with Crippen LogP contribution in [0, 0.1) is 0 Å². The minimum absolute atomic E-state index is 0.239. The second-order valence-electron chi connectivity index (χ2n) is 3.63. The summed E-state index contributed by atoms with van der Waals surface area (Å²) in [6.07, 6.45) is 3.38. The van der Waals surface area contributed by atoms with Crippen LogP contribution in [0.5, 0.6) is 0 Å². The third-order valence-corrected chi connectivity index (χ3v) is 2.46. The summed E-state index contributed by atoms with van der Waals surface area (Å²) in [5, 5.41) is 2.72. The molecule has 1 heterocycles. The van der Waals surface area contributed by atoms with Crippen LogP contribution in [0.4, 0.5) is 4.79 Å². The second kappa shape index (κ2) is 5.12. The first-order valence-electron chi connectivity index (χ1n) is 5.28. The third-order valence-electron chi connectivity index (χ3n) is 2.46. The molecule has 0 radical (unpaired) electrons. The number of carbonyl (C=O) groups is 1. The highest BCUT2D eigenvalue weighted by Crippen LogP contribution is 2.20. The normalized spacial score (nSPS) is 11.8. The lowest BCUT2D eigenvalue weighted by molar-refractivity contribution is 0.247. The van der Waals surface area contributed by atoms with Gasteiger partial charge < -0.3 is 11.1 Å². The average molecular weight is 227 g/mol. The Morgan fingerprint density at radius 3 is 2.24 bits per heavy atom. The number of pyridine rings is 1. The minimum Gasteiger partial charge on any atom is -0.352 e. The lowest BCUT2D eigenvalue weighted by Crippen LogP contribution is -2.33. The number of benzene rings is 1. The van der Waals surface area contributed by atoms with E-state index in [4.69, 9.17) is 5.73 Å². The van der Waals surface area contributed by atoms with Crippen LogP contribution in [0.1, 0.15) is 17.2 Å². The van der Waals surface area contributed by atoms with Crippen LogP contribution in [0.15, 0.2) is 54.9 Å². The molecule has 0 fully saturated rings. The standard InChI is InChI=1S/C13H13N3O/c14-13(17)16-12(10-4-2-1-3-5-10)11-6-8-15-9-7-11/h1-9,12H,(H3,14,16,17). The van der Waals surface area contributed by atoms with E-state index in [1.54, 1.807) is 12.4 Å². The molecule has 17 heavy (non-hydrogen) atoms. The number of hydrogen-bond acceptors (Lipinski definition) is 2. The van der Waals surface area contributed by atoms with Crippen LogP contribution in [0.25, 0.3) is 0 Å². The van der Waals surface area contributed by atoms with Gasteiger partial charge in [-0.3, -0.25) is 4.98 Å². The van der Waals surface area contributed by atoms with Crippen molar-refractivity contribution in [1.29, 1.82) is 0 Å². The number of urea groups is 1. The monoisotopic (exact) mass is 227 g/mol. The maximum Gasteiger partial charge on any atom is 0.312 e. The van der Waals surface area contributed by atoms with Gasteiger partial charge in [-0.25, -0.2) is 4.79 Å². The Balaban J connectivity index is 2.36. The Kier molecular flexibility index (Phi) is 3.35. The van der Waals surface area contributed by atoms with Crippen LogP contribution in [0.2, 0.25) is 0 Å². The van der Waals surface area contributed by atoms with E-state index in [1.807, 2.05) is 42.5 Å². The summed E-state index contributed by atoms with van der Waals surface area (Å²) in [5.41, 5.74) is 7.14. The first-order chi connectivity index (χ1) is 8.27. The molecule has 0 bridgehead atoms. The molecule has 0 aliphatic carbocycles. The Bertz CT molecular complexity index is 445. The molecule has 0 saturated carbocycles. The zero-order valence-corrected chi connectivity index (χ0v) is 9.21. The molecule has 0 spiro atoms. The van der Waals surface area contributed by atoms with E-state index in [0.717, 1.165) is 11.1 Å². The molecular formula is C13H13N3O. The molecule has 1 aromatic carbocycles. The summed E-state index contributed by atoms with van der Waals surface area (Å²) in [7, 11) is 0. The van der Waals surface area contributed by atoms with Crippen LogP contribution in [0.3, 0.4) is 0 Å². The van der Waals surface area contributed by atoms with E-state index in [9.17, 15) is 4.79 Å². The van der Waals surface area contributed by atoms with Crippen LogP contribution in [-0.4, -0.2) is 11.0 Å². The van der Waals surface area contributed by atoms with Crippen molar-refractivity contribution in [2.45, 2.75) is 6.04 Å². The van der Waals surface area contributed by atoms with Gasteiger partial charge in [0, 0.05) is 12.4 Å². The van der Waals surface area contributed by atoms with Crippen LogP contribution >= 0.6 is 0 Å². The van der Waals surface area contributed by atoms with Crippen molar-refractivity contribution in [3.8, 4) is 0 Å². The number of carbonyl (C=O) groups excluding carboxylic acids is 1. The van der Waals surface area contributed by atoms with Crippen molar-refractivity contribution >= 4 is 6.03 Å². The highest BCUT2D eigenvalue weighted by atomic mass is 16.2. The van der Waals surface area contributed by atoms with E-state index < -0.39 is 6.03 Å². The molecule has 4 heteroatoms. The fraction of sp³-hybridized carbons (Fsp3) is 0.0769. The van der Waals surface area contributed by atoms with Crippen molar-refractivity contribution in [1.82, 2.24) is 10.3 Å². The fourth-order valence-corrected chi connectivity index (χ4v) is 1.70. The lowest BCUT2D eigenvalue weighted by Gasteiger charge is -2.18. The molecular weight excluding hydrogens is 214 g/mol. The van der Waals surface area contributed by atoms with E-state index in [2.05, 4.69) is 10.3 Å². The van der Waals surface area contributed by atoms with Gasteiger partial charge in [-0.2, -0.15) is 0 Å². The van der Waals surface area contributed by atoms with Gasteiger partial charge in [0.05, 0.1) is 6.04 Å². The van der Waals surface area contributed by atoms with E-state index in [0.29, 0.717) is 0 Å². The smallest absolute Gasteiger partial charge is 0.312 e. The zero-order chi connectivity index (χ0) is 12.1. The first kappa shape index (κ1) is 11.1.